The fourth-order valence-corrected chi connectivity index (χ4v) is 0.522. The summed E-state index contributed by atoms with van der Waals surface area (Å²) in [5, 5.41) is 0. The standard InChI is InChI=1S/C8H11NO4/c1-2-12-5-6-13-8(11)3-4-9-7-10/h3-4H,2,5-6H2,1H3. The molecule has 0 heterocycles. The van der Waals surface area contributed by atoms with E-state index in [4.69, 9.17) is 4.74 Å². The SMILES string of the molecule is CCOCCOC(=O)C=CN=C=O. The van der Waals surface area contributed by atoms with Crippen LogP contribution in [0.4, 0.5) is 0 Å². The Morgan fingerprint density at radius 1 is 1.54 bits per heavy atom. The lowest BCUT2D eigenvalue weighted by atomic mass is 10.6. The largest absolute Gasteiger partial charge is 0.460 e. The molecule has 5 heteroatoms. The second kappa shape index (κ2) is 8.64. The molecule has 0 saturated carbocycles. The van der Waals surface area contributed by atoms with Crippen molar-refractivity contribution in [1.29, 1.82) is 0 Å². The van der Waals surface area contributed by atoms with Crippen LogP contribution in [0.3, 0.4) is 0 Å². The van der Waals surface area contributed by atoms with Crippen LogP contribution < -0.4 is 0 Å². The van der Waals surface area contributed by atoms with Crippen LogP contribution in [-0.2, 0) is 19.1 Å². The minimum absolute atomic E-state index is 0.196. The Morgan fingerprint density at radius 2 is 2.31 bits per heavy atom. The van der Waals surface area contributed by atoms with Crippen LogP contribution in [0.5, 0.6) is 0 Å². The monoisotopic (exact) mass is 185 g/mol. The number of aliphatic imine (C=N–C) groups is 1. The first-order chi connectivity index (χ1) is 6.31. The van der Waals surface area contributed by atoms with Gasteiger partial charge in [-0.3, -0.25) is 0 Å². The number of carbonyl (C=O) groups is 1. The third-order valence-electron chi connectivity index (χ3n) is 1.01. The first-order valence-corrected chi connectivity index (χ1v) is 3.79. The summed E-state index contributed by atoms with van der Waals surface area (Å²) >= 11 is 0. The van der Waals surface area contributed by atoms with Gasteiger partial charge in [0.05, 0.1) is 6.61 Å². The van der Waals surface area contributed by atoms with Crippen molar-refractivity contribution in [3.63, 3.8) is 0 Å². The molecule has 0 bridgehead atoms. The predicted octanol–water partition coefficient (Wildman–Crippen LogP) is 0.416. The van der Waals surface area contributed by atoms with Gasteiger partial charge in [0.15, 0.2) is 0 Å². The van der Waals surface area contributed by atoms with Gasteiger partial charge in [-0.2, -0.15) is 4.99 Å². The maximum Gasteiger partial charge on any atom is 0.332 e. The third kappa shape index (κ3) is 8.46. The van der Waals surface area contributed by atoms with Gasteiger partial charge in [0.1, 0.15) is 6.61 Å². The Kier molecular flexibility index (Phi) is 7.68. The van der Waals surface area contributed by atoms with Crippen LogP contribution in [0.25, 0.3) is 0 Å². The van der Waals surface area contributed by atoms with Crippen molar-refractivity contribution < 1.29 is 19.1 Å². The molecule has 0 aromatic heterocycles. The van der Waals surface area contributed by atoms with Gasteiger partial charge in [-0.15, -0.1) is 0 Å². The van der Waals surface area contributed by atoms with Crippen LogP contribution in [0.1, 0.15) is 6.92 Å². The number of isocyanates is 1. The second-order valence-electron chi connectivity index (χ2n) is 1.90. The number of esters is 1. The van der Waals surface area contributed by atoms with Gasteiger partial charge in [-0.05, 0) is 6.92 Å². The zero-order chi connectivity index (χ0) is 9.94. The molecule has 0 unspecified atom stereocenters. The normalized spacial score (nSPS) is 9.62. The molecule has 72 valence electrons. The van der Waals surface area contributed by atoms with E-state index in [0.29, 0.717) is 13.2 Å². The third-order valence-corrected chi connectivity index (χ3v) is 1.01. The lowest BCUT2D eigenvalue weighted by molar-refractivity contribution is -0.139. The molecule has 13 heavy (non-hydrogen) atoms. The molecule has 0 aromatic carbocycles. The van der Waals surface area contributed by atoms with Crippen molar-refractivity contribution >= 4 is 12.0 Å². The molecule has 0 rings (SSSR count). The molecule has 0 atom stereocenters. The summed E-state index contributed by atoms with van der Waals surface area (Å²) in [7, 11) is 0. The van der Waals surface area contributed by atoms with E-state index in [9.17, 15) is 9.59 Å². The van der Waals surface area contributed by atoms with Gasteiger partial charge in [-0.1, -0.05) is 0 Å². The van der Waals surface area contributed by atoms with Crippen molar-refractivity contribution in [2.24, 2.45) is 4.99 Å². The number of carbonyl (C=O) groups excluding carboxylic acids is 2. The van der Waals surface area contributed by atoms with Gasteiger partial charge in [0.25, 0.3) is 0 Å². The molecular formula is C8H11NO4. The Labute approximate surface area is 76.0 Å². The Balaban J connectivity index is 3.45. The van der Waals surface area contributed by atoms with Gasteiger partial charge in [0, 0.05) is 18.9 Å². The van der Waals surface area contributed by atoms with Crippen molar-refractivity contribution in [2.45, 2.75) is 6.92 Å². The van der Waals surface area contributed by atoms with Crippen molar-refractivity contribution in [3.8, 4) is 0 Å². The van der Waals surface area contributed by atoms with Crippen molar-refractivity contribution in [3.05, 3.63) is 12.3 Å². The fourth-order valence-electron chi connectivity index (χ4n) is 0.522. The minimum atomic E-state index is -0.557. The van der Waals surface area contributed by atoms with Gasteiger partial charge < -0.3 is 9.47 Å². The van der Waals surface area contributed by atoms with Crippen LogP contribution >= 0.6 is 0 Å². The van der Waals surface area contributed by atoms with E-state index in [1.165, 1.54) is 6.08 Å². The summed E-state index contributed by atoms with van der Waals surface area (Å²) in [6.07, 6.45) is 3.32. The van der Waals surface area contributed by atoms with Crippen molar-refractivity contribution in [2.75, 3.05) is 19.8 Å². The molecular weight excluding hydrogens is 174 g/mol. The fraction of sp³-hybridized carbons (Fsp3) is 0.500. The molecule has 0 fully saturated rings. The molecule has 0 aromatic rings. The summed E-state index contributed by atoms with van der Waals surface area (Å²) in [6.45, 7) is 3.00. The molecule has 0 radical (unpaired) electrons. The average molecular weight is 185 g/mol. The molecule has 0 aliphatic rings. The van der Waals surface area contributed by atoms with Crippen LogP contribution in [0.2, 0.25) is 0 Å². The maximum atomic E-state index is 10.7. The highest BCUT2D eigenvalue weighted by Crippen LogP contribution is 1.83. The first-order valence-electron chi connectivity index (χ1n) is 3.79. The number of nitrogens with zero attached hydrogens (tertiary/aromatic N) is 1. The number of rotatable bonds is 6. The number of hydrogen-bond acceptors (Lipinski definition) is 5. The van der Waals surface area contributed by atoms with E-state index < -0.39 is 5.97 Å². The van der Waals surface area contributed by atoms with E-state index in [1.54, 1.807) is 0 Å². The smallest absolute Gasteiger partial charge is 0.332 e. The highest BCUT2D eigenvalue weighted by Gasteiger charge is 1.94. The van der Waals surface area contributed by atoms with E-state index in [1.807, 2.05) is 6.92 Å². The number of hydrogen-bond donors (Lipinski definition) is 0. The summed E-state index contributed by atoms with van der Waals surface area (Å²) in [6, 6.07) is 0. The molecule has 0 N–H and O–H groups in total. The summed E-state index contributed by atoms with van der Waals surface area (Å²) < 4.78 is 9.57. The van der Waals surface area contributed by atoms with Crippen LogP contribution in [-0.4, -0.2) is 31.9 Å². The maximum absolute atomic E-state index is 10.7. The van der Waals surface area contributed by atoms with E-state index in [-0.39, 0.29) is 6.61 Å². The molecule has 0 amide bonds. The molecule has 0 aliphatic heterocycles. The van der Waals surface area contributed by atoms with Gasteiger partial charge in [-0.25, -0.2) is 9.59 Å². The summed E-state index contributed by atoms with van der Waals surface area (Å²) in [5.41, 5.74) is 0. The highest BCUT2D eigenvalue weighted by atomic mass is 16.6. The topological polar surface area (TPSA) is 65.0 Å². The minimum Gasteiger partial charge on any atom is -0.460 e. The van der Waals surface area contributed by atoms with Crippen LogP contribution in [0, 0.1) is 0 Å². The van der Waals surface area contributed by atoms with Gasteiger partial charge in [0.2, 0.25) is 6.08 Å². The quantitative estimate of drug-likeness (QED) is 0.198. The van der Waals surface area contributed by atoms with E-state index in [2.05, 4.69) is 9.73 Å². The second-order valence-corrected chi connectivity index (χ2v) is 1.90. The Bertz CT molecular complexity index is 218. The molecule has 0 spiro atoms. The van der Waals surface area contributed by atoms with Crippen molar-refractivity contribution in [1.82, 2.24) is 0 Å². The zero-order valence-electron chi connectivity index (χ0n) is 7.36. The lowest BCUT2D eigenvalue weighted by Gasteiger charge is -2.00. The lowest BCUT2D eigenvalue weighted by Crippen LogP contribution is -2.08. The van der Waals surface area contributed by atoms with E-state index >= 15 is 0 Å². The molecule has 5 nitrogen and oxygen atoms in total. The average Bonchev–Trinajstić information content (AvgIpc) is 2.13. The predicted molar refractivity (Wildman–Crippen MR) is 44.7 cm³/mol. The van der Waals surface area contributed by atoms with Gasteiger partial charge >= 0.3 is 5.97 Å². The summed E-state index contributed by atoms with van der Waals surface area (Å²) in [4.78, 5) is 23.3. The Hall–Kier alpha value is -1.45. The zero-order valence-corrected chi connectivity index (χ0v) is 7.36. The molecule has 0 saturated heterocycles. The summed E-state index contributed by atoms with van der Waals surface area (Å²) in [5.74, 6) is -0.557. The van der Waals surface area contributed by atoms with E-state index in [0.717, 1.165) is 12.3 Å². The van der Waals surface area contributed by atoms with Crippen LogP contribution in [0.15, 0.2) is 17.3 Å². The Morgan fingerprint density at radius 3 is 2.92 bits per heavy atom. The highest BCUT2D eigenvalue weighted by molar-refractivity contribution is 5.81. The number of ether oxygens (including phenoxy) is 2. The molecule has 0 aliphatic carbocycles. The first kappa shape index (κ1) is 11.6.